The summed E-state index contributed by atoms with van der Waals surface area (Å²) in [5.41, 5.74) is 1.38. The summed E-state index contributed by atoms with van der Waals surface area (Å²) in [5.74, 6) is -1.71. The predicted molar refractivity (Wildman–Crippen MR) is 168 cm³/mol. The standard InChI is InChI=1S/C34H35F2N3O5S/c1-3-21-37-34(41)32(22-25-7-5-4-6-8-25)38(23-26-9-11-27(35)12-10-26)33(40)24-39(29-15-13-28(36)14-16-29)45(42,43)31-19-17-30(44-2)18-20-31/h4-20,32H,3,21-24H2,1-2H3,(H,37,41). The zero-order valence-electron chi connectivity index (χ0n) is 25.0. The summed E-state index contributed by atoms with van der Waals surface area (Å²) >= 11 is 0. The first-order chi connectivity index (χ1) is 21.6. The molecule has 45 heavy (non-hydrogen) atoms. The summed E-state index contributed by atoms with van der Waals surface area (Å²) in [6, 6.07) is 24.0. The minimum absolute atomic E-state index is 0.0531. The molecular formula is C34H35F2N3O5S. The zero-order valence-corrected chi connectivity index (χ0v) is 25.8. The molecule has 1 unspecified atom stereocenters. The molecule has 4 rings (SSSR count). The number of halogens is 2. The van der Waals surface area contributed by atoms with Crippen LogP contribution in [0.25, 0.3) is 0 Å². The van der Waals surface area contributed by atoms with Gasteiger partial charge in [0.15, 0.2) is 0 Å². The summed E-state index contributed by atoms with van der Waals surface area (Å²) < 4.78 is 61.7. The van der Waals surface area contributed by atoms with Gasteiger partial charge in [0.25, 0.3) is 10.0 Å². The highest BCUT2D eigenvalue weighted by molar-refractivity contribution is 7.92. The SMILES string of the molecule is CCCNC(=O)C(Cc1ccccc1)N(Cc1ccc(F)cc1)C(=O)CN(c1ccc(F)cc1)S(=O)(=O)c1ccc(OC)cc1. The van der Waals surface area contributed by atoms with E-state index in [0.29, 0.717) is 24.3 Å². The lowest BCUT2D eigenvalue weighted by atomic mass is 10.0. The molecule has 0 radical (unpaired) electrons. The van der Waals surface area contributed by atoms with Crippen molar-refractivity contribution in [2.45, 2.75) is 37.2 Å². The Balaban J connectivity index is 1.78. The molecule has 0 saturated heterocycles. The van der Waals surface area contributed by atoms with E-state index >= 15 is 0 Å². The van der Waals surface area contributed by atoms with Gasteiger partial charge < -0.3 is 15.0 Å². The molecule has 4 aromatic rings. The van der Waals surface area contributed by atoms with Crippen molar-refractivity contribution in [3.8, 4) is 5.75 Å². The highest BCUT2D eigenvalue weighted by atomic mass is 32.2. The van der Waals surface area contributed by atoms with Crippen LogP contribution < -0.4 is 14.4 Å². The topological polar surface area (TPSA) is 96.0 Å². The molecule has 236 valence electrons. The van der Waals surface area contributed by atoms with Gasteiger partial charge in [-0.05, 0) is 78.2 Å². The fourth-order valence-corrected chi connectivity index (χ4v) is 6.13. The average Bonchev–Trinajstić information content (AvgIpc) is 3.05. The Bertz CT molecular complexity index is 1670. The van der Waals surface area contributed by atoms with Crippen molar-refractivity contribution in [3.05, 3.63) is 126 Å². The van der Waals surface area contributed by atoms with E-state index in [1.54, 1.807) is 0 Å². The van der Waals surface area contributed by atoms with Gasteiger partial charge in [-0.3, -0.25) is 13.9 Å². The Morgan fingerprint density at radius 1 is 0.822 bits per heavy atom. The maximum Gasteiger partial charge on any atom is 0.264 e. The number of hydrogen-bond acceptors (Lipinski definition) is 5. The smallest absolute Gasteiger partial charge is 0.264 e. The molecule has 0 spiro atoms. The number of nitrogens with one attached hydrogen (secondary N) is 1. The third-order valence-electron chi connectivity index (χ3n) is 7.13. The molecule has 0 fully saturated rings. The number of nitrogens with zero attached hydrogens (tertiary/aromatic N) is 2. The number of hydrogen-bond donors (Lipinski definition) is 1. The Labute approximate surface area is 262 Å². The van der Waals surface area contributed by atoms with Crippen molar-refractivity contribution in [1.29, 1.82) is 0 Å². The van der Waals surface area contributed by atoms with Crippen LogP contribution in [0.5, 0.6) is 5.75 Å². The van der Waals surface area contributed by atoms with Crippen molar-refractivity contribution >= 4 is 27.5 Å². The number of rotatable bonds is 14. The van der Waals surface area contributed by atoms with Crippen molar-refractivity contribution in [2.75, 3.05) is 24.5 Å². The van der Waals surface area contributed by atoms with Gasteiger partial charge >= 0.3 is 0 Å². The average molecular weight is 636 g/mol. The molecular weight excluding hydrogens is 600 g/mol. The molecule has 0 aliphatic carbocycles. The second-order valence-corrected chi connectivity index (χ2v) is 12.2. The van der Waals surface area contributed by atoms with E-state index in [9.17, 15) is 26.8 Å². The van der Waals surface area contributed by atoms with Crippen LogP contribution in [0, 0.1) is 11.6 Å². The number of methoxy groups -OCH3 is 1. The van der Waals surface area contributed by atoms with E-state index in [0.717, 1.165) is 22.0 Å². The second-order valence-electron chi connectivity index (χ2n) is 10.3. The van der Waals surface area contributed by atoms with E-state index in [2.05, 4.69) is 5.32 Å². The van der Waals surface area contributed by atoms with Crippen LogP contribution in [-0.4, -0.2) is 51.4 Å². The first-order valence-corrected chi connectivity index (χ1v) is 15.8. The minimum Gasteiger partial charge on any atom is -0.497 e. The Hall–Kier alpha value is -4.77. The van der Waals surface area contributed by atoms with E-state index in [-0.39, 0.29) is 23.5 Å². The summed E-state index contributed by atoms with van der Waals surface area (Å²) in [4.78, 5) is 29.1. The number of amides is 2. The monoisotopic (exact) mass is 635 g/mol. The highest BCUT2D eigenvalue weighted by Crippen LogP contribution is 2.26. The summed E-state index contributed by atoms with van der Waals surface area (Å²) in [5, 5.41) is 2.86. The van der Waals surface area contributed by atoms with E-state index in [4.69, 9.17) is 4.74 Å². The van der Waals surface area contributed by atoms with Gasteiger partial charge in [0.1, 0.15) is 30.0 Å². The summed E-state index contributed by atoms with van der Waals surface area (Å²) in [6.07, 6.45) is 0.805. The molecule has 0 saturated carbocycles. The maximum atomic E-state index is 14.3. The molecule has 8 nitrogen and oxygen atoms in total. The summed E-state index contributed by atoms with van der Waals surface area (Å²) in [7, 11) is -2.91. The van der Waals surface area contributed by atoms with Crippen molar-refractivity contribution < 1.29 is 31.5 Å². The molecule has 0 bridgehead atoms. The molecule has 1 atom stereocenters. The molecule has 0 aliphatic rings. The van der Waals surface area contributed by atoms with Gasteiger partial charge in [-0.1, -0.05) is 49.4 Å². The number of carbonyl (C=O) groups excluding carboxylic acids is 2. The van der Waals surface area contributed by atoms with Gasteiger partial charge in [-0.15, -0.1) is 0 Å². The molecule has 2 amide bonds. The first kappa shape index (κ1) is 33.1. The Morgan fingerprint density at radius 2 is 1.42 bits per heavy atom. The lowest BCUT2D eigenvalue weighted by Gasteiger charge is -2.34. The molecule has 0 heterocycles. The number of ether oxygens (including phenoxy) is 1. The summed E-state index contributed by atoms with van der Waals surface area (Å²) in [6.45, 7) is 1.47. The van der Waals surface area contributed by atoms with Gasteiger partial charge in [0.05, 0.1) is 17.7 Å². The van der Waals surface area contributed by atoms with E-state index in [1.807, 2.05) is 37.3 Å². The van der Waals surface area contributed by atoms with E-state index in [1.165, 1.54) is 72.7 Å². The van der Waals surface area contributed by atoms with Gasteiger partial charge in [0.2, 0.25) is 11.8 Å². The van der Waals surface area contributed by atoms with Crippen LogP contribution in [0.3, 0.4) is 0 Å². The van der Waals surface area contributed by atoms with Crippen LogP contribution in [-0.2, 0) is 32.6 Å². The normalized spacial score (nSPS) is 11.8. The quantitative estimate of drug-likeness (QED) is 0.202. The van der Waals surface area contributed by atoms with Crippen LogP contribution in [0.1, 0.15) is 24.5 Å². The van der Waals surface area contributed by atoms with Crippen LogP contribution in [0.15, 0.2) is 108 Å². The minimum atomic E-state index is -4.36. The van der Waals surface area contributed by atoms with Crippen molar-refractivity contribution in [2.24, 2.45) is 0 Å². The van der Waals surface area contributed by atoms with Crippen LogP contribution in [0.2, 0.25) is 0 Å². The highest BCUT2D eigenvalue weighted by Gasteiger charge is 2.34. The molecule has 0 aromatic heterocycles. The number of carbonyl (C=O) groups is 2. The third kappa shape index (κ3) is 8.66. The van der Waals surface area contributed by atoms with Crippen molar-refractivity contribution in [3.63, 3.8) is 0 Å². The van der Waals surface area contributed by atoms with Gasteiger partial charge in [-0.25, -0.2) is 17.2 Å². The largest absolute Gasteiger partial charge is 0.497 e. The maximum absolute atomic E-state index is 14.3. The molecule has 11 heteroatoms. The van der Waals surface area contributed by atoms with Crippen molar-refractivity contribution in [1.82, 2.24) is 10.2 Å². The van der Waals surface area contributed by atoms with E-state index < -0.39 is 46.1 Å². The first-order valence-electron chi connectivity index (χ1n) is 14.4. The van der Waals surface area contributed by atoms with Crippen LogP contribution >= 0.6 is 0 Å². The molecule has 4 aromatic carbocycles. The lowest BCUT2D eigenvalue weighted by Crippen LogP contribution is -2.53. The second kappa shape index (κ2) is 15.3. The molecule has 0 aliphatic heterocycles. The molecule has 1 N–H and O–H groups in total. The fourth-order valence-electron chi connectivity index (χ4n) is 4.72. The number of anilines is 1. The van der Waals surface area contributed by atoms with Crippen LogP contribution in [0.4, 0.5) is 14.5 Å². The van der Waals surface area contributed by atoms with Gasteiger partial charge in [-0.2, -0.15) is 0 Å². The fraction of sp³-hybridized carbons (Fsp3) is 0.235. The third-order valence-corrected chi connectivity index (χ3v) is 8.92. The Morgan fingerprint density at radius 3 is 2.00 bits per heavy atom. The Kier molecular flexibility index (Phi) is 11.3. The zero-order chi connectivity index (χ0) is 32.4. The lowest BCUT2D eigenvalue weighted by molar-refractivity contribution is -0.140. The number of benzene rings is 4. The van der Waals surface area contributed by atoms with Gasteiger partial charge in [0, 0.05) is 19.5 Å². The number of sulfonamides is 1. The predicted octanol–water partition coefficient (Wildman–Crippen LogP) is 5.34.